The molecule has 1 amide bonds. The van der Waals surface area contributed by atoms with Crippen LogP contribution in [0.15, 0.2) is 60.8 Å². The van der Waals surface area contributed by atoms with Crippen molar-refractivity contribution < 1.29 is 14.3 Å². The van der Waals surface area contributed by atoms with Crippen LogP contribution < -0.4 is 5.32 Å². The smallest absolute Gasteiger partial charge is 0.350 e. The van der Waals surface area contributed by atoms with Crippen LogP contribution in [0.3, 0.4) is 0 Å². The third kappa shape index (κ3) is 4.44. The maximum atomic E-state index is 13.1. The fraction of sp³-hybridized carbons (Fsp3) is 0.280. The quantitative estimate of drug-likeness (QED) is 0.398. The fourth-order valence-corrected chi connectivity index (χ4v) is 5.36. The second-order valence-electron chi connectivity index (χ2n) is 8.10. The van der Waals surface area contributed by atoms with Crippen LogP contribution in [-0.2, 0) is 9.53 Å². The first kappa shape index (κ1) is 22.2. The highest BCUT2D eigenvalue weighted by atomic mass is 32.1. The van der Waals surface area contributed by atoms with E-state index in [4.69, 9.17) is 4.74 Å². The Balaban J connectivity index is 1.35. The highest BCUT2D eigenvalue weighted by Gasteiger charge is 2.31. The Morgan fingerprint density at radius 2 is 1.97 bits per heavy atom. The molecule has 0 unspecified atom stereocenters. The second kappa shape index (κ2) is 9.74. The number of pyridine rings is 1. The summed E-state index contributed by atoms with van der Waals surface area (Å²) < 4.78 is 7.21. The van der Waals surface area contributed by atoms with E-state index in [-0.39, 0.29) is 25.1 Å². The van der Waals surface area contributed by atoms with E-state index >= 15 is 0 Å². The number of anilines is 1. The first-order valence-electron chi connectivity index (χ1n) is 11.3. The van der Waals surface area contributed by atoms with E-state index in [2.05, 4.69) is 20.4 Å². The van der Waals surface area contributed by atoms with E-state index in [1.54, 1.807) is 6.92 Å². The molecular weight excluding hydrogens is 450 g/mol. The van der Waals surface area contributed by atoms with Crippen molar-refractivity contribution in [1.29, 1.82) is 0 Å². The summed E-state index contributed by atoms with van der Waals surface area (Å²) in [7, 11) is 0. The van der Waals surface area contributed by atoms with Crippen LogP contribution in [0.5, 0.6) is 0 Å². The molecular formula is C25H25N5O3S. The minimum atomic E-state index is -0.432. The average Bonchev–Trinajstić information content (AvgIpc) is 3.58. The van der Waals surface area contributed by atoms with Crippen LogP contribution in [0.25, 0.3) is 16.1 Å². The molecule has 8 nitrogen and oxygen atoms in total. The number of hydrogen-bond donors (Lipinski definition) is 1. The molecule has 174 valence electrons. The molecule has 0 radical (unpaired) electrons. The summed E-state index contributed by atoms with van der Waals surface area (Å²) >= 11 is 1.32. The van der Waals surface area contributed by atoms with Crippen LogP contribution in [-0.4, -0.2) is 51.1 Å². The minimum Gasteiger partial charge on any atom is -0.462 e. The number of rotatable bonds is 7. The zero-order valence-corrected chi connectivity index (χ0v) is 19.6. The number of hydrogen-bond acceptors (Lipinski definition) is 7. The van der Waals surface area contributed by atoms with Gasteiger partial charge < -0.3 is 10.1 Å². The summed E-state index contributed by atoms with van der Waals surface area (Å²) in [6, 6.07) is 17.4. The molecule has 3 aromatic heterocycles. The summed E-state index contributed by atoms with van der Waals surface area (Å²) in [5.74, 6) is 0.234. The molecule has 34 heavy (non-hydrogen) atoms. The Kier molecular flexibility index (Phi) is 6.37. The van der Waals surface area contributed by atoms with Crippen molar-refractivity contribution in [3.05, 3.63) is 71.5 Å². The number of carbonyl (C=O) groups excluding carboxylic acids is 2. The van der Waals surface area contributed by atoms with Crippen LogP contribution in [0.1, 0.15) is 41.3 Å². The van der Waals surface area contributed by atoms with E-state index < -0.39 is 5.97 Å². The van der Waals surface area contributed by atoms with E-state index in [0.29, 0.717) is 10.6 Å². The van der Waals surface area contributed by atoms with Gasteiger partial charge >= 0.3 is 5.97 Å². The van der Waals surface area contributed by atoms with Gasteiger partial charge in [-0.15, -0.1) is 21.5 Å². The molecule has 0 aliphatic carbocycles. The first-order valence-corrected chi connectivity index (χ1v) is 12.2. The zero-order chi connectivity index (χ0) is 23.5. The van der Waals surface area contributed by atoms with Gasteiger partial charge in [0.05, 0.1) is 24.9 Å². The number of aromatic nitrogens is 3. The van der Waals surface area contributed by atoms with Crippen LogP contribution >= 0.6 is 11.3 Å². The number of nitrogens with one attached hydrogen (secondary N) is 1. The molecule has 1 aliphatic heterocycles. The molecule has 1 aromatic carbocycles. The Labute approximate surface area is 201 Å². The molecule has 5 rings (SSSR count). The van der Waals surface area contributed by atoms with Crippen LogP contribution in [0.4, 0.5) is 5.69 Å². The van der Waals surface area contributed by atoms with Crippen molar-refractivity contribution in [2.24, 2.45) is 0 Å². The lowest BCUT2D eigenvalue weighted by Crippen LogP contribution is -2.33. The Bertz CT molecular complexity index is 1320. The molecule has 0 spiro atoms. The predicted molar refractivity (Wildman–Crippen MR) is 131 cm³/mol. The maximum absolute atomic E-state index is 13.1. The number of amides is 1. The molecule has 0 saturated carbocycles. The third-order valence-electron chi connectivity index (χ3n) is 5.87. The zero-order valence-electron chi connectivity index (χ0n) is 18.8. The van der Waals surface area contributed by atoms with Crippen molar-refractivity contribution in [2.75, 3.05) is 25.0 Å². The SMILES string of the molecule is CCOC(=O)c1sc(-c2ccccc2)cc1NC(=O)CN1CCC[C@H]1c1nnc2ccccn12. The molecule has 1 saturated heterocycles. The lowest BCUT2D eigenvalue weighted by Gasteiger charge is -2.22. The van der Waals surface area contributed by atoms with Gasteiger partial charge in [-0.2, -0.15) is 0 Å². The van der Waals surface area contributed by atoms with Gasteiger partial charge in [0.25, 0.3) is 0 Å². The molecule has 1 aliphatic rings. The van der Waals surface area contributed by atoms with Gasteiger partial charge in [0.1, 0.15) is 4.88 Å². The number of benzene rings is 1. The van der Waals surface area contributed by atoms with Crippen LogP contribution in [0.2, 0.25) is 0 Å². The highest BCUT2D eigenvalue weighted by Crippen LogP contribution is 2.36. The summed E-state index contributed by atoms with van der Waals surface area (Å²) in [6.45, 7) is 3.03. The number of likely N-dealkylation sites (tertiary alicyclic amines) is 1. The fourth-order valence-electron chi connectivity index (χ4n) is 4.35. The molecule has 9 heteroatoms. The lowest BCUT2D eigenvalue weighted by atomic mass is 10.2. The van der Waals surface area contributed by atoms with E-state index in [0.717, 1.165) is 41.3 Å². The van der Waals surface area contributed by atoms with Gasteiger partial charge in [-0.3, -0.25) is 14.1 Å². The number of thiophene rings is 1. The van der Waals surface area contributed by atoms with Crippen molar-refractivity contribution in [1.82, 2.24) is 19.5 Å². The average molecular weight is 476 g/mol. The summed E-state index contributed by atoms with van der Waals surface area (Å²) in [4.78, 5) is 29.1. The summed E-state index contributed by atoms with van der Waals surface area (Å²) in [5.41, 5.74) is 2.26. The maximum Gasteiger partial charge on any atom is 0.350 e. The van der Waals surface area contributed by atoms with Crippen molar-refractivity contribution in [3.8, 4) is 10.4 Å². The van der Waals surface area contributed by atoms with E-state index in [1.807, 2.05) is 65.2 Å². The van der Waals surface area contributed by atoms with Crippen LogP contribution in [0, 0.1) is 0 Å². The van der Waals surface area contributed by atoms with Crippen molar-refractivity contribution in [3.63, 3.8) is 0 Å². The van der Waals surface area contributed by atoms with Gasteiger partial charge in [-0.25, -0.2) is 4.79 Å². The lowest BCUT2D eigenvalue weighted by molar-refractivity contribution is -0.117. The monoisotopic (exact) mass is 475 g/mol. The third-order valence-corrected chi connectivity index (χ3v) is 7.04. The highest BCUT2D eigenvalue weighted by molar-refractivity contribution is 7.18. The number of nitrogens with zero attached hydrogens (tertiary/aromatic N) is 4. The largest absolute Gasteiger partial charge is 0.462 e. The Morgan fingerprint density at radius 3 is 2.79 bits per heavy atom. The van der Waals surface area contributed by atoms with E-state index in [9.17, 15) is 9.59 Å². The number of carbonyl (C=O) groups is 2. The minimum absolute atomic E-state index is 0.00929. The van der Waals surface area contributed by atoms with Gasteiger partial charge in [0, 0.05) is 11.1 Å². The Morgan fingerprint density at radius 1 is 1.15 bits per heavy atom. The van der Waals surface area contributed by atoms with Gasteiger partial charge in [0.2, 0.25) is 5.91 Å². The van der Waals surface area contributed by atoms with Gasteiger partial charge in [-0.1, -0.05) is 36.4 Å². The number of ether oxygens (including phenoxy) is 1. The standard InChI is InChI=1S/C25H25N5O3S/c1-2-33-25(32)23-18(15-20(34-23)17-9-4-3-5-10-17)26-22(31)16-29-13-8-11-19(29)24-28-27-21-12-6-7-14-30(21)24/h3-7,9-10,12,14-15,19H,2,8,11,13,16H2,1H3,(H,26,31)/t19-/m0/s1. The molecule has 0 bridgehead atoms. The molecule has 1 fully saturated rings. The normalized spacial score (nSPS) is 16.1. The second-order valence-corrected chi connectivity index (χ2v) is 9.16. The van der Waals surface area contributed by atoms with Gasteiger partial charge in [-0.05, 0) is 50.1 Å². The number of esters is 1. The van der Waals surface area contributed by atoms with Crippen molar-refractivity contribution >= 4 is 34.5 Å². The summed E-state index contributed by atoms with van der Waals surface area (Å²) in [6.07, 6.45) is 3.83. The Hall–Kier alpha value is -3.56. The first-order chi connectivity index (χ1) is 16.6. The summed E-state index contributed by atoms with van der Waals surface area (Å²) in [5, 5.41) is 11.6. The van der Waals surface area contributed by atoms with Gasteiger partial charge in [0.15, 0.2) is 11.5 Å². The molecule has 1 N–H and O–H groups in total. The van der Waals surface area contributed by atoms with Crippen molar-refractivity contribution in [2.45, 2.75) is 25.8 Å². The predicted octanol–water partition coefficient (Wildman–Crippen LogP) is 4.41. The molecule has 1 atom stereocenters. The number of fused-ring (bicyclic) bond motifs is 1. The van der Waals surface area contributed by atoms with E-state index in [1.165, 1.54) is 11.3 Å². The topological polar surface area (TPSA) is 88.8 Å². The molecule has 4 heterocycles. The molecule has 4 aromatic rings.